The van der Waals surface area contributed by atoms with Gasteiger partial charge in [0.05, 0.1) is 23.6 Å². The SMILES string of the molecule is COc1ccc(/C=N/n2cnc3sc4c(c3c2=O)CCCC4)cc1[N+](=O)[O-]. The summed E-state index contributed by atoms with van der Waals surface area (Å²) >= 11 is 1.58. The van der Waals surface area contributed by atoms with Crippen LogP contribution in [-0.2, 0) is 12.8 Å². The monoisotopic (exact) mass is 384 g/mol. The van der Waals surface area contributed by atoms with E-state index in [1.165, 1.54) is 41.3 Å². The van der Waals surface area contributed by atoms with Crippen molar-refractivity contribution in [3.8, 4) is 5.75 Å². The second-order valence-electron chi connectivity index (χ2n) is 6.22. The highest BCUT2D eigenvalue weighted by molar-refractivity contribution is 7.18. The summed E-state index contributed by atoms with van der Waals surface area (Å²) in [5, 5.41) is 15.9. The van der Waals surface area contributed by atoms with Gasteiger partial charge in [-0.3, -0.25) is 14.9 Å². The molecule has 0 saturated carbocycles. The minimum absolute atomic E-state index is 0.158. The van der Waals surface area contributed by atoms with E-state index >= 15 is 0 Å². The molecule has 0 aliphatic heterocycles. The molecular formula is C18H16N4O4S. The largest absolute Gasteiger partial charge is 0.490 e. The number of nitrogens with zero attached hydrogens (tertiary/aromatic N) is 4. The maximum Gasteiger partial charge on any atom is 0.311 e. The Balaban J connectivity index is 1.73. The van der Waals surface area contributed by atoms with Crippen molar-refractivity contribution in [2.24, 2.45) is 5.10 Å². The number of aromatic nitrogens is 2. The number of benzene rings is 1. The van der Waals surface area contributed by atoms with Crippen molar-refractivity contribution in [2.75, 3.05) is 7.11 Å². The third kappa shape index (κ3) is 3.10. The number of nitro groups is 1. The molecule has 0 unspecified atom stereocenters. The van der Waals surface area contributed by atoms with Crippen LogP contribution < -0.4 is 10.3 Å². The lowest BCUT2D eigenvalue weighted by molar-refractivity contribution is -0.385. The fourth-order valence-electron chi connectivity index (χ4n) is 3.28. The van der Waals surface area contributed by atoms with Crippen LogP contribution in [0.1, 0.15) is 28.8 Å². The predicted molar refractivity (Wildman–Crippen MR) is 103 cm³/mol. The maximum absolute atomic E-state index is 12.8. The topological polar surface area (TPSA) is 99.6 Å². The minimum Gasteiger partial charge on any atom is -0.490 e. The van der Waals surface area contributed by atoms with E-state index < -0.39 is 4.92 Å². The van der Waals surface area contributed by atoms with Crippen LogP contribution in [-0.4, -0.2) is 27.9 Å². The van der Waals surface area contributed by atoms with Gasteiger partial charge in [-0.1, -0.05) is 0 Å². The number of rotatable bonds is 4. The Bertz CT molecular complexity index is 1130. The van der Waals surface area contributed by atoms with Crippen molar-refractivity contribution in [1.82, 2.24) is 9.66 Å². The summed E-state index contributed by atoms with van der Waals surface area (Å²) in [6, 6.07) is 4.49. The van der Waals surface area contributed by atoms with Crippen LogP contribution in [0.5, 0.6) is 5.75 Å². The van der Waals surface area contributed by atoms with E-state index in [0.717, 1.165) is 36.1 Å². The van der Waals surface area contributed by atoms with Gasteiger partial charge in [0, 0.05) is 16.5 Å². The van der Waals surface area contributed by atoms with Crippen molar-refractivity contribution >= 4 is 33.5 Å². The van der Waals surface area contributed by atoms with Crippen molar-refractivity contribution in [3.63, 3.8) is 0 Å². The van der Waals surface area contributed by atoms with Crippen molar-refractivity contribution in [1.29, 1.82) is 0 Å². The summed E-state index contributed by atoms with van der Waals surface area (Å²) in [6.45, 7) is 0. The standard InChI is InChI=1S/C18H16N4O4S/c1-26-14-7-6-11(8-13(14)22(24)25)9-20-21-10-19-17-16(18(21)23)12-4-2-3-5-15(12)27-17/h6-10H,2-5H2,1H3/b20-9+. The Morgan fingerprint density at radius 3 is 2.96 bits per heavy atom. The van der Waals surface area contributed by atoms with Gasteiger partial charge in [-0.05, 0) is 43.4 Å². The third-order valence-corrected chi connectivity index (χ3v) is 5.79. The van der Waals surface area contributed by atoms with E-state index in [1.54, 1.807) is 17.4 Å². The van der Waals surface area contributed by atoms with E-state index in [4.69, 9.17) is 4.74 Å². The molecule has 0 N–H and O–H groups in total. The molecule has 0 fully saturated rings. The van der Waals surface area contributed by atoms with Gasteiger partial charge >= 0.3 is 5.69 Å². The number of hydrogen-bond donors (Lipinski definition) is 0. The van der Waals surface area contributed by atoms with Crippen molar-refractivity contribution in [2.45, 2.75) is 25.7 Å². The molecule has 0 bridgehead atoms. The maximum atomic E-state index is 12.8. The summed E-state index contributed by atoms with van der Waals surface area (Å²) in [6.07, 6.45) is 6.90. The normalized spacial score (nSPS) is 13.8. The molecule has 1 aromatic carbocycles. The second-order valence-corrected chi connectivity index (χ2v) is 7.30. The van der Waals surface area contributed by atoms with Gasteiger partial charge in [-0.25, -0.2) is 4.98 Å². The molecule has 0 radical (unpaired) electrons. The molecule has 138 valence electrons. The van der Waals surface area contributed by atoms with Crippen molar-refractivity contribution in [3.05, 3.63) is 61.0 Å². The van der Waals surface area contributed by atoms with E-state index in [1.807, 2.05) is 0 Å². The average molecular weight is 384 g/mol. The number of thiophene rings is 1. The van der Waals surface area contributed by atoms with Gasteiger partial charge in [-0.15, -0.1) is 11.3 Å². The molecule has 3 aromatic rings. The van der Waals surface area contributed by atoms with Gasteiger partial charge in [0.25, 0.3) is 5.56 Å². The average Bonchev–Trinajstić information content (AvgIpc) is 3.06. The molecule has 8 nitrogen and oxygen atoms in total. The minimum atomic E-state index is -0.520. The van der Waals surface area contributed by atoms with E-state index in [-0.39, 0.29) is 17.0 Å². The molecule has 2 aromatic heterocycles. The predicted octanol–water partition coefficient (Wildman–Crippen LogP) is 3.14. The van der Waals surface area contributed by atoms with Crippen molar-refractivity contribution < 1.29 is 9.66 Å². The Labute approximate surface area is 157 Å². The van der Waals surface area contributed by atoms with Crippen LogP contribution in [0.3, 0.4) is 0 Å². The zero-order valence-electron chi connectivity index (χ0n) is 14.5. The third-order valence-electron chi connectivity index (χ3n) is 4.59. The van der Waals surface area contributed by atoms with Gasteiger partial charge in [-0.2, -0.15) is 9.78 Å². The molecule has 0 spiro atoms. The molecular weight excluding hydrogens is 368 g/mol. The first-order chi connectivity index (χ1) is 13.1. The Morgan fingerprint density at radius 1 is 1.37 bits per heavy atom. The van der Waals surface area contributed by atoms with Gasteiger partial charge in [0.1, 0.15) is 11.2 Å². The summed E-state index contributed by atoms with van der Waals surface area (Å²) < 4.78 is 6.17. The van der Waals surface area contributed by atoms with E-state index in [2.05, 4.69) is 10.1 Å². The molecule has 0 saturated heterocycles. The van der Waals surface area contributed by atoms with Crippen LogP contribution in [0.25, 0.3) is 10.2 Å². The summed E-state index contributed by atoms with van der Waals surface area (Å²) in [7, 11) is 1.37. The van der Waals surface area contributed by atoms with E-state index in [0.29, 0.717) is 10.9 Å². The first-order valence-corrected chi connectivity index (χ1v) is 9.29. The first kappa shape index (κ1) is 17.3. The van der Waals surface area contributed by atoms with Gasteiger partial charge < -0.3 is 4.74 Å². The smallest absolute Gasteiger partial charge is 0.311 e. The number of ether oxygens (including phenoxy) is 1. The summed E-state index contributed by atoms with van der Waals surface area (Å²) in [5.74, 6) is 0.169. The zero-order valence-corrected chi connectivity index (χ0v) is 15.4. The van der Waals surface area contributed by atoms with E-state index in [9.17, 15) is 14.9 Å². The van der Waals surface area contributed by atoms with Crippen LogP contribution in [0.2, 0.25) is 0 Å². The van der Waals surface area contributed by atoms with Crippen LogP contribution in [0, 0.1) is 10.1 Å². The van der Waals surface area contributed by atoms with Gasteiger partial charge in [0.2, 0.25) is 0 Å². The highest BCUT2D eigenvalue weighted by Gasteiger charge is 2.20. The molecule has 27 heavy (non-hydrogen) atoms. The fourth-order valence-corrected chi connectivity index (χ4v) is 4.50. The highest BCUT2D eigenvalue weighted by Crippen LogP contribution is 2.33. The molecule has 1 aliphatic carbocycles. The summed E-state index contributed by atoms with van der Waals surface area (Å²) in [5.41, 5.74) is 1.22. The Hall–Kier alpha value is -3.07. The molecule has 1 aliphatic rings. The molecule has 0 atom stereocenters. The lowest BCUT2D eigenvalue weighted by atomic mass is 9.97. The quantitative estimate of drug-likeness (QED) is 0.391. The number of aryl methyl sites for hydroxylation is 2. The molecule has 4 rings (SSSR count). The lowest BCUT2D eigenvalue weighted by Crippen LogP contribution is -2.18. The fraction of sp³-hybridized carbons (Fsp3) is 0.278. The van der Waals surface area contributed by atoms with Crippen LogP contribution >= 0.6 is 11.3 Å². The highest BCUT2D eigenvalue weighted by atomic mass is 32.1. The molecule has 9 heteroatoms. The molecule has 0 amide bonds. The number of hydrogen-bond acceptors (Lipinski definition) is 7. The van der Waals surface area contributed by atoms with Crippen LogP contribution in [0.15, 0.2) is 34.4 Å². The zero-order chi connectivity index (χ0) is 19.0. The number of methoxy groups -OCH3 is 1. The lowest BCUT2D eigenvalue weighted by Gasteiger charge is -2.09. The number of nitro benzene ring substituents is 1. The molecule has 2 heterocycles. The Morgan fingerprint density at radius 2 is 2.19 bits per heavy atom. The summed E-state index contributed by atoms with van der Waals surface area (Å²) in [4.78, 5) is 29.8. The second kappa shape index (κ2) is 6.92. The van der Waals surface area contributed by atoms with Gasteiger partial charge in [0.15, 0.2) is 5.75 Å². The van der Waals surface area contributed by atoms with Crippen LogP contribution in [0.4, 0.5) is 5.69 Å². The number of fused-ring (bicyclic) bond motifs is 3. The first-order valence-electron chi connectivity index (χ1n) is 8.47. The Kier molecular flexibility index (Phi) is 4.44.